The largest absolute Gasteiger partial charge is 0.265 e. The normalized spacial score (nSPS) is 27.5. The molecule has 0 spiro atoms. The Morgan fingerprint density at radius 1 is 1.55 bits per heavy atom. The topological polar surface area (TPSA) is 12.4 Å². The lowest BCUT2D eigenvalue weighted by molar-refractivity contribution is 0.832. The third-order valence-corrected chi connectivity index (χ3v) is 2.08. The highest BCUT2D eigenvalue weighted by Gasteiger charge is 2.13. The van der Waals surface area contributed by atoms with Crippen LogP contribution in [0.3, 0.4) is 0 Å². The fourth-order valence-electron chi connectivity index (χ4n) is 1.45. The molecule has 0 N–H and O–H groups in total. The van der Waals surface area contributed by atoms with Crippen molar-refractivity contribution in [2.45, 2.75) is 13.3 Å². The van der Waals surface area contributed by atoms with Gasteiger partial charge in [-0.15, -0.1) is 0 Å². The van der Waals surface area contributed by atoms with Gasteiger partial charge < -0.3 is 0 Å². The van der Waals surface area contributed by atoms with Crippen molar-refractivity contribution < 1.29 is 0 Å². The number of allylic oxidation sites excluding steroid dienone is 6. The van der Waals surface area contributed by atoms with Crippen LogP contribution in [0.1, 0.15) is 13.3 Å². The minimum Gasteiger partial charge on any atom is -0.265 e. The number of rotatable bonds is 0. The van der Waals surface area contributed by atoms with E-state index in [1.165, 1.54) is 5.57 Å². The van der Waals surface area contributed by atoms with Crippen LogP contribution in [0.25, 0.3) is 0 Å². The Kier molecular flexibility index (Phi) is 1.50. The zero-order valence-corrected chi connectivity index (χ0v) is 6.62. The Labute approximate surface area is 66.8 Å². The van der Waals surface area contributed by atoms with Crippen molar-refractivity contribution in [2.24, 2.45) is 10.9 Å². The summed E-state index contributed by atoms with van der Waals surface area (Å²) in [7, 11) is 0. The summed E-state index contributed by atoms with van der Waals surface area (Å²) in [6, 6.07) is 0. The molecule has 0 aromatic carbocycles. The van der Waals surface area contributed by atoms with Gasteiger partial charge in [-0.25, -0.2) is 0 Å². The van der Waals surface area contributed by atoms with Crippen LogP contribution in [0, 0.1) is 5.92 Å². The second-order valence-corrected chi connectivity index (χ2v) is 3.00. The summed E-state index contributed by atoms with van der Waals surface area (Å²) in [5.74, 6) is 0.545. The lowest BCUT2D eigenvalue weighted by Gasteiger charge is -2.18. The van der Waals surface area contributed by atoms with Gasteiger partial charge in [-0.2, -0.15) is 0 Å². The lowest BCUT2D eigenvalue weighted by Crippen LogP contribution is -2.09. The van der Waals surface area contributed by atoms with Gasteiger partial charge in [-0.05, 0) is 25.0 Å². The number of fused-ring (bicyclic) bond motifs is 1. The molecule has 2 rings (SSSR count). The van der Waals surface area contributed by atoms with Crippen molar-refractivity contribution in [1.29, 1.82) is 0 Å². The molecule has 2 aliphatic rings. The third kappa shape index (κ3) is 1.18. The van der Waals surface area contributed by atoms with Crippen LogP contribution >= 0.6 is 0 Å². The van der Waals surface area contributed by atoms with Crippen LogP contribution in [0.2, 0.25) is 0 Å². The first-order valence-electron chi connectivity index (χ1n) is 3.95. The summed E-state index contributed by atoms with van der Waals surface area (Å²) in [4.78, 5) is 4.28. The van der Waals surface area contributed by atoms with Crippen molar-refractivity contribution in [3.63, 3.8) is 0 Å². The summed E-state index contributed by atoms with van der Waals surface area (Å²) in [6.45, 7) is 2.03. The minimum absolute atomic E-state index is 0.545. The first-order chi connectivity index (χ1) is 5.36. The summed E-state index contributed by atoms with van der Waals surface area (Å²) in [6.07, 6.45) is 11.8. The van der Waals surface area contributed by atoms with Crippen molar-refractivity contribution in [2.75, 3.05) is 0 Å². The highest BCUT2D eigenvalue weighted by Crippen LogP contribution is 2.24. The van der Waals surface area contributed by atoms with E-state index >= 15 is 0 Å². The fraction of sp³-hybridized carbons (Fsp3) is 0.300. The summed E-state index contributed by atoms with van der Waals surface area (Å²) in [5.41, 5.74) is 2.52. The smallest absolute Gasteiger partial charge is 0.0371 e. The molecule has 1 unspecified atom stereocenters. The first kappa shape index (κ1) is 6.59. The molecule has 1 nitrogen and oxygen atoms in total. The molecule has 1 aliphatic carbocycles. The number of hydrogen-bond donors (Lipinski definition) is 0. The van der Waals surface area contributed by atoms with Gasteiger partial charge >= 0.3 is 0 Å². The number of aliphatic imine (C=N–C) groups is 1. The van der Waals surface area contributed by atoms with Gasteiger partial charge in [0.1, 0.15) is 0 Å². The zero-order chi connectivity index (χ0) is 7.68. The number of nitrogens with zero attached hydrogens (tertiary/aromatic N) is 1. The lowest BCUT2D eigenvalue weighted by atomic mass is 9.90. The van der Waals surface area contributed by atoms with Gasteiger partial charge in [-0.1, -0.05) is 18.2 Å². The SMILES string of the molecule is CC1=CC2=CC=CCC2C=N1. The molecular weight excluding hydrogens is 134 g/mol. The van der Waals surface area contributed by atoms with Crippen molar-refractivity contribution in [1.82, 2.24) is 0 Å². The van der Waals surface area contributed by atoms with E-state index in [2.05, 4.69) is 29.3 Å². The Bertz CT molecular complexity index is 279. The van der Waals surface area contributed by atoms with Gasteiger partial charge in [0.15, 0.2) is 0 Å². The van der Waals surface area contributed by atoms with E-state index in [1.807, 2.05) is 13.1 Å². The molecule has 0 fully saturated rings. The zero-order valence-electron chi connectivity index (χ0n) is 6.62. The quantitative estimate of drug-likeness (QED) is 0.496. The maximum Gasteiger partial charge on any atom is 0.0371 e. The molecular formula is C10H11N. The van der Waals surface area contributed by atoms with E-state index in [0.717, 1.165) is 12.1 Å². The molecule has 0 aromatic heterocycles. The molecule has 0 radical (unpaired) electrons. The molecule has 11 heavy (non-hydrogen) atoms. The first-order valence-corrected chi connectivity index (χ1v) is 3.95. The average molecular weight is 145 g/mol. The maximum absolute atomic E-state index is 4.28. The van der Waals surface area contributed by atoms with Crippen LogP contribution in [-0.4, -0.2) is 6.21 Å². The predicted octanol–water partition coefficient (Wildman–Crippen LogP) is 2.48. The molecule has 56 valence electrons. The highest BCUT2D eigenvalue weighted by atomic mass is 14.7. The molecule has 0 saturated heterocycles. The molecule has 1 atom stereocenters. The minimum atomic E-state index is 0.545. The molecule has 1 heterocycles. The molecule has 0 saturated carbocycles. The van der Waals surface area contributed by atoms with Gasteiger partial charge in [0.2, 0.25) is 0 Å². The predicted molar refractivity (Wildman–Crippen MR) is 47.6 cm³/mol. The van der Waals surface area contributed by atoms with Crippen LogP contribution in [0.4, 0.5) is 0 Å². The van der Waals surface area contributed by atoms with Crippen LogP contribution in [0.5, 0.6) is 0 Å². The molecule has 0 bridgehead atoms. The van der Waals surface area contributed by atoms with Gasteiger partial charge in [0.25, 0.3) is 0 Å². The van der Waals surface area contributed by atoms with Gasteiger partial charge in [0, 0.05) is 17.8 Å². The van der Waals surface area contributed by atoms with E-state index in [-0.39, 0.29) is 0 Å². The maximum atomic E-state index is 4.28. The van der Waals surface area contributed by atoms with Crippen molar-refractivity contribution in [3.8, 4) is 0 Å². The average Bonchev–Trinajstić information content (AvgIpc) is 2.04. The van der Waals surface area contributed by atoms with E-state index in [0.29, 0.717) is 5.92 Å². The summed E-state index contributed by atoms with van der Waals surface area (Å²) >= 11 is 0. The second kappa shape index (κ2) is 2.50. The van der Waals surface area contributed by atoms with Gasteiger partial charge in [-0.3, -0.25) is 4.99 Å². The van der Waals surface area contributed by atoms with E-state index in [1.54, 1.807) is 0 Å². The Hall–Kier alpha value is -1.11. The molecule has 1 aliphatic heterocycles. The monoisotopic (exact) mass is 145 g/mol. The highest BCUT2D eigenvalue weighted by molar-refractivity contribution is 5.71. The second-order valence-electron chi connectivity index (χ2n) is 3.00. The molecule has 0 amide bonds. The van der Waals surface area contributed by atoms with Gasteiger partial charge in [0.05, 0.1) is 0 Å². The summed E-state index contributed by atoms with van der Waals surface area (Å²) in [5, 5.41) is 0. The van der Waals surface area contributed by atoms with E-state index in [9.17, 15) is 0 Å². The van der Waals surface area contributed by atoms with Crippen molar-refractivity contribution in [3.05, 3.63) is 35.6 Å². The Balaban J connectivity index is 2.35. The Morgan fingerprint density at radius 2 is 2.45 bits per heavy atom. The Morgan fingerprint density at radius 3 is 3.36 bits per heavy atom. The third-order valence-electron chi connectivity index (χ3n) is 2.08. The van der Waals surface area contributed by atoms with Crippen LogP contribution in [0.15, 0.2) is 40.6 Å². The van der Waals surface area contributed by atoms with Crippen LogP contribution < -0.4 is 0 Å². The van der Waals surface area contributed by atoms with Crippen LogP contribution in [-0.2, 0) is 0 Å². The standard InChI is InChI=1S/C10H11N/c1-8-6-9-4-2-3-5-10(9)7-11-8/h2-4,6-7,10H,5H2,1H3. The van der Waals surface area contributed by atoms with E-state index < -0.39 is 0 Å². The van der Waals surface area contributed by atoms with E-state index in [4.69, 9.17) is 0 Å². The molecule has 0 aromatic rings. The number of hydrogen-bond acceptors (Lipinski definition) is 1. The van der Waals surface area contributed by atoms with Crippen molar-refractivity contribution >= 4 is 6.21 Å². The molecule has 1 heteroatoms. The fourth-order valence-corrected chi connectivity index (χ4v) is 1.45. The summed E-state index contributed by atoms with van der Waals surface area (Å²) < 4.78 is 0.